The van der Waals surface area contributed by atoms with Gasteiger partial charge in [0.05, 0.1) is 16.0 Å². The van der Waals surface area contributed by atoms with Gasteiger partial charge in [-0.2, -0.15) is 0 Å². The smallest absolute Gasteiger partial charge is 0.191 e. The summed E-state index contributed by atoms with van der Waals surface area (Å²) in [5.74, 6) is 2.60. The van der Waals surface area contributed by atoms with Crippen LogP contribution in [0.3, 0.4) is 0 Å². The van der Waals surface area contributed by atoms with Crippen LogP contribution in [0.1, 0.15) is 19.2 Å². The summed E-state index contributed by atoms with van der Waals surface area (Å²) >= 11 is 5.07. The number of thioether (sulfide) groups is 2. The van der Waals surface area contributed by atoms with E-state index in [0.717, 1.165) is 45.3 Å². The molecule has 3 aromatic rings. The number of fused-ring (bicyclic) bond motifs is 1. The van der Waals surface area contributed by atoms with Crippen LogP contribution < -0.4 is 0 Å². The molecule has 1 aromatic carbocycles. The Morgan fingerprint density at radius 1 is 1.22 bits per heavy atom. The number of rotatable bonds is 8. The fraction of sp³-hybridized carbons (Fsp3) is 0.400. The first-order chi connectivity index (χ1) is 11.3. The summed E-state index contributed by atoms with van der Waals surface area (Å²) in [5.41, 5.74) is 1.05. The highest BCUT2D eigenvalue weighted by molar-refractivity contribution is 8.00. The third-order valence-electron chi connectivity index (χ3n) is 3.24. The van der Waals surface area contributed by atoms with Gasteiger partial charge in [0.15, 0.2) is 9.50 Å². The lowest BCUT2D eigenvalue weighted by Gasteiger charge is -2.06. The average Bonchev–Trinajstić information content (AvgIpc) is 3.16. The van der Waals surface area contributed by atoms with Gasteiger partial charge in [-0.05, 0) is 25.5 Å². The molecule has 1 N–H and O–H groups in total. The van der Waals surface area contributed by atoms with Crippen molar-refractivity contribution >= 4 is 45.1 Å². The first-order valence-electron chi connectivity index (χ1n) is 7.46. The molecule has 0 spiro atoms. The van der Waals surface area contributed by atoms with Crippen molar-refractivity contribution in [2.45, 2.75) is 35.1 Å². The number of nitrogens with zero attached hydrogens (tertiary/aromatic N) is 4. The number of para-hydroxylation sites is 1. The highest BCUT2D eigenvalue weighted by atomic mass is 32.2. The third-order valence-corrected chi connectivity index (χ3v) is 6.47. The number of benzene rings is 1. The van der Waals surface area contributed by atoms with Crippen LogP contribution in [0.4, 0.5) is 0 Å². The van der Waals surface area contributed by atoms with Gasteiger partial charge in [0.25, 0.3) is 0 Å². The predicted molar refractivity (Wildman–Crippen MR) is 97.3 cm³/mol. The van der Waals surface area contributed by atoms with Gasteiger partial charge in [0.1, 0.15) is 5.82 Å². The molecular formula is C15H18N4OS3. The molecule has 0 radical (unpaired) electrons. The molecule has 2 heterocycles. The highest BCUT2D eigenvalue weighted by Gasteiger charge is 2.12. The zero-order chi connectivity index (χ0) is 16.1. The Hall–Kier alpha value is -1.09. The summed E-state index contributed by atoms with van der Waals surface area (Å²) in [4.78, 5) is 4.64. The van der Waals surface area contributed by atoms with Gasteiger partial charge in [0, 0.05) is 18.9 Å². The molecule has 0 unspecified atom stereocenters. The zero-order valence-corrected chi connectivity index (χ0v) is 15.3. The van der Waals surface area contributed by atoms with Gasteiger partial charge in [-0.25, -0.2) is 4.98 Å². The van der Waals surface area contributed by atoms with Crippen molar-refractivity contribution in [3.63, 3.8) is 0 Å². The van der Waals surface area contributed by atoms with Gasteiger partial charge in [-0.1, -0.05) is 35.7 Å². The molecule has 2 aromatic heterocycles. The monoisotopic (exact) mass is 366 g/mol. The molecule has 8 heteroatoms. The summed E-state index contributed by atoms with van der Waals surface area (Å²) in [6.45, 7) is 3.17. The molecule has 0 aliphatic rings. The van der Waals surface area contributed by atoms with Crippen molar-refractivity contribution in [2.24, 2.45) is 0 Å². The van der Waals surface area contributed by atoms with Gasteiger partial charge in [0.2, 0.25) is 0 Å². The van der Waals surface area contributed by atoms with E-state index in [1.807, 2.05) is 18.2 Å². The van der Waals surface area contributed by atoms with E-state index in [9.17, 15) is 0 Å². The summed E-state index contributed by atoms with van der Waals surface area (Å²) in [6.07, 6.45) is 0.775. The molecule has 0 aliphatic carbocycles. The Bertz CT molecular complexity index is 738. The maximum Gasteiger partial charge on any atom is 0.191 e. The minimum absolute atomic E-state index is 0.216. The van der Waals surface area contributed by atoms with E-state index in [-0.39, 0.29) is 6.61 Å². The minimum Gasteiger partial charge on any atom is -0.396 e. The average molecular weight is 367 g/mol. The predicted octanol–water partition coefficient (Wildman–Crippen LogP) is 3.67. The molecule has 0 atom stereocenters. The van der Waals surface area contributed by atoms with Gasteiger partial charge < -0.3 is 9.67 Å². The first kappa shape index (κ1) is 16.8. The zero-order valence-electron chi connectivity index (χ0n) is 12.8. The highest BCUT2D eigenvalue weighted by Crippen LogP contribution is 2.31. The Kier molecular flexibility index (Phi) is 5.93. The number of aliphatic hydroxyl groups excluding tert-OH is 1. The van der Waals surface area contributed by atoms with Crippen LogP contribution in [0.5, 0.6) is 0 Å². The minimum atomic E-state index is 0.216. The Labute approximate surface area is 147 Å². The lowest BCUT2D eigenvalue weighted by atomic mass is 10.3. The number of aliphatic hydroxyl groups is 1. The van der Waals surface area contributed by atoms with Gasteiger partial charge in [-0.15, -0.1) is 21.5 Å². The molecule has 3 rings (SSSR count). The van der Waals surface area contributed by atoms with E-state index >= 15 is 0 Å². The van der Waals surface area contributed by atoms with Crippen molar-refractivity contribution in [1.29, 1.82) is 0 Å². The lowest BCUT2D eigenvalue weighted by molar-refractivity contribution is 0.296. The normalized spacial score (nSPS) is 11.4. The largest absolute Gasteiger partial charge is 0.396 e. The molecule has 0 amide bonds. The van der Waals surface area contributed by atoms with E-state index in [2.05, 4.69) is 32.7 Å². The van der Waals surface area contributed by atoms with Gasteiger partial charge >= 0.3 is 0 Å². The van der Waals surface area contributed by atoms with Crippen molar-refractivity contribution in [1.82, 2.24) is 19.7 Å². The third kappa shape index (κ3) is 4.06. The maximum absolute atomic E-state index is 8.88. The standard InChI is InChI=1S/C15H18N4OS3/c1-2-19-13(17-18-14(19)21-9-5-8-20)10-22-15-16-11-6-3-4-7-12(11)23-15/h3-4,6-7,20H,2,5,8-10H2,1H3. The topological polar surface area (TPSA) is 63.8 Å². The van der Waals surface area contributed by atoms with Crippen LogP contribution >= 0.6 is 34.9 Å². The number of aromatic nitrogens is 4. The van der Waals surface area contributed by atoms with Crippen molar-refractivity contribution < 1.29 is 5.11 Å². The molecule has 0 aliphatic heterocycles. The number of hydrogen-bond acceptors (Lipinski definition) is 7. The second-order valence-corrected chi connectivity index (χ2v) is 8.12. The molecule has 122 valence electrons. The van der Waals surface area contributed by atoms with Crippen LogP contribution in [0.15, 0.2) is 33.8 Å². The number of hydrogen-bond donors (Lipinski definition) is 1. The van der Waals surface area contributed by atoms with Crippen LogP contribution in [0.25, 0.3) is 10.2 Å². The van der Waals surface area contributed by atoms with Crippen molar-refractivity contribution in [2.75, 3.05) is 12.4 Å². The second-order valence-electron chi connectivity index (χ2n) is 4.80. The number of thiazole rings is 1. The van der Waals surface area contributed by atoms with Crippen LogP contribution in [-0.4, -0.2) is 37.2 Å². The van der Waals surface area contributed by atoms with Crippen molar-refractivity contribution in [3.8, 4) is 0 Å². The van der Waals surface area contributed by atoms with Crippen LogP contribution in [-0.2, 0) is 12.3 Å². The molecule has 0 fully saturated rings. The summed E-state index contributed by atoms with van der Waals surface area (Å²) in [5, 5.41) is 18.4. The Balaban J connectivity index is 1.67. The summed E-state index contributed by atoms with van der Waals surface area (Å²) < 4.78 is 4.42. The molecular weight excluding hydrogens is 348 g/mol. The lowest BCUT2D eigenvalue weighted by Crippen LogP contribution is -2.02. The van der Waals surface area contributed by atoms with E-state index in [1.54, 1.807) is 34.9 Å². The maximum atomic E-state index is 8.88. The SMILES string of the molecule is CCn1c(CSc2nc3ccccc3s2)nnc1SCCCO. The first-order valence-corrected chi connectivity index (χ1v) is 10.2. The molecule has 0 saturated heterocycles. The Morgan fingerprint density at radius 3 is 2.87 bits per heavy atom. The molecule has 5 nitrogen and oxygen atoms in total. The van der Waals surface area contributed by atoms with E-state index in [1.165, 1.54) is 4.70 Å². The molecule has 23 heavy (non-hydrogen) atoms. The van der Waals surface area contributed by atoms with E-state index < -0.39 is 0 Å². The van der Waals surface area contributed by atoms with E-state index in [4.69, 9.17) is 5.11 Å². The Morgan fingerprint density at radius 2 is 2.09 bits per heavy atom. The van der Waals surface area contributed by atoms with Crippen LogP contribution in [0.2, 0.25) is 0 Å². The second kappa shape index (κ2) is 8.14. The van der Waals surface area contributed by atoms with E-state index in [0.29, 0.717) is 0 Å². The fourth-order valence-corrected chi connectivity index (χ4v) is 5.07. The van der Waals surface area contributed by atoms with Crippen molar-refractivity contribution in [3.05, 3.63) is 30.1 Å². The van der Waals surface area contributed by atoms with Crippen LogP contribution in [0, 0.1) is 0 Å². The summed E-state index contributed by atoms with van der Waals surface area (Å²) in [6, 6.07) is 8.19. The summed E-state index contributed by atoms with van der Waals surface area (Å²) in [7, 11) is 0. The molecule has 0 saturated carbocycles. The van der Waals surface area contributed by atoms with Gasteiger partial charge in [-0.3, -0.25) is 0 Å². The molecule has 0 bridgehead atoms. The quantitative estimate of drug-likeness (QED) is 0.485. The fourth-order valence-electron chi connectivity index (χ4n) is 2.12.